The number of nitrogens with one attached hydrogen (secondary N) is 1. The second-order valence-electron chi connectivity index (χ2n) is 5.89. The van der Waals surface area contributed by atoms with Gasteiger partial charge in [-0.2, -0.15) is 0 Å². The van der Waals surface area contributed by atoms with Crippen molar-refractivity contribution in [1.29, 1.82) is 0 Å². The molecule has 0 aromatic heterocycles. The minimum atomic E-state index is 0.235. The fraction of sp³-hybridized carbons (Fsp3) is 0.917. The summed E-state index contributed by atoms with van der Waals surface area (Å²) in [6.45, 7) is 8.83. The highest BCUT2D eigenvalue weighted by Gasteiger charge is 2.34. The van der Waals surface area contributed by atoms with Crippen molar-refractivity contribution < 1.29 is 4.79 Å². The minimum Gasteiger partial charge on any atom is -0.352 e. The molecule has 2 fully saturated rings. The Bertz CT molecular complexity index is 253. The maximum Gasteiger partial charge on any atom is 0.223 e. The molecule has 0 unspecified atom stereocenters. The first-order valence-electron chi connectivity index (χ1n) is 6.02. The van der Waals surface area contributed by atoms with Gasteiger partial charge >= 0.3 is 0 Å². The van der Waals surface area contributed by atoms with E-state index in [1.807, 2.05) is 0 Å². The Morgan fingerprint density at radius 3 is 2.40 bits per heavy atom. The van der Waals surface area contributed by atoms with Gasteiger partial charge in [0.15, 0.2) is 0 Å². The van der Waals surface area contributed by atoms with Crippen molar-refractivity contribution in [3.8, 4) is 0 Å². The van der Waals surface area contributed by atoms with Crippen LogP contribution in [-0.4, -0.2) is 35.5 Å². The van der Waals surface area contributed by atoms with Gasteiger partial charge in [0, 0.05) is 30.6 Å². The molecular formula is C12H22N2O. The van der Waals surface area contributed by atoms with Gasteiger partial charge in [-0.15, -0.1) is 0 Å². The van der Waals surface area contributed by atoms with Gasteiger partial charge in [-0.25, -0.2) is 0 Å². The van der Waals surface area contributed by atoms with Gasteiger partial charge in [-0.05, 0) is 40.0 Å². The van der Waals surface area contributed by atoms with Crippen LogP contribution in [0.2, 0.25) is 0 Å². The summed E-state index contributed by atoms with van der Waals surface area (Å²) in [5.74, 6) is 0.629. The van der Waals surface area contributed by atoms with Crippen LogP contribution in [0.5, 0.6) is 0 Å². The molecule has 2 rings (SSSR count). The summed E-state index contributed by atoms with van der Waals surface area (Å²) in [6.07, 6.45) is 3.30. The van der Waals surface area contributed by atoms with E-state index in [1.54, 1.807) is 0 Å². The Morgan fingerprint density at radius 1 is 1.27 bits per heavy atom. The van der Waals surface area contributed by atoms with E-state index < -0.39 is 0 Å². The zero-order valence-corrected chi connectivity index (χ0v) is 10.0. The van der Waals surface area contributed by atoms with Crippen LogP contribution in [0, 0.1) is 5.92 Å². The van der Waals surface area contributed by atoms with Gasteiger partial charge in [-0.1, -0.05) is 0 Å². The molecule has 2 aliphatic rings. The topological polar surface area (TPSA) is 32.3 Å². The number of hydrogen-bond acceptors (Lipinski definition) is 2. The third-order valence-corrected chi connectivity index (χ3v) is 3.43. The van der Waals surface area contributed by atoms with Gasteiger partial charge in [0.25, 0.3) is 0 Å². The Morgan fingerprint density at radius 2 is 1.93 bits per heavy atom. The first-order chi connectivity index (χ1) is 6.97. The third-order valence-electron chi connectivity index (χ3n) is 3.43. The highest BCUT2D eigenvalue weighted by Crippen LogP contribution is 2.29. The molecule has 1 amide bonds. The summed E-state index contributed by atoms with van der Waals surface area (Å²) in [5, 5.41) is 3.16. The summed E-state index contributed by atoms with van der Waals surface area (Å²) in [7, 11) is 0. The summed E-state index contributed by atoms with van der Waals surface area (Å²) in [6, 6.07) is 0.386. The first-order valence-corrected chi connectivity index (χ1v) is 6.02. The predicted octanol–water partition coefficient (Wildman–Crippen LogP) is 1.39. The number of amides is 1. The predicted molar refractivity (Wildman–Crippen MR) is 60.6 cm³/mol. The highest BCUT2D eigenvalue weighted by molar-refractivity contribution is 5.81. The van der Waals surface area contributed by atoms with E-state index in [1.165, 1.54) is 0 Å². The number of carbonyl (C=O) groups is 1. The van der Waals surface area contributed by atoms with Crippen LogP contribution in [0.15, 0.2) is 0 Å². The van der Waals surface area contributed by atoms with Gasteiger partial charge in [0.2, 0.25) is 5.91 Å². The zero-order valence-electron chi connectivity index (χ0n) is 10.0. The van der Waals surface area contributed by atoms with Crippen LogP contribution < -0.4 is 5.32 Å². The average Bonchev–Trinajstić information content (AvgIpc) is 2.86. The van der Waals surface area contributed by atoms with Crippen molar-refractivity contribution in [1.82, 2.24) is 10.2 Å². The number of rotatable bonds is 2. The van der Waals surface area contributed by atoms with Crippen LogP contribution >= 0.6 is 0 Å². The lowest BCUT2D eigenvalue weighted by molar-refractivity contribution is -0.122. The van der Waals surface area contributed by atoms with Crippen molar-refractivity contribution in [3.05, 3.63) is 0 Å². The number of nitrogens with zero attached hydrogens (tertiary/aromatic N) is 1. The van der Waals surface area contributed by atoms with Crippen molar-refractivity contribution in [2.45, 2.75) is 51.6 Å². The summed E-state index contributed by atoms with van der Waals surface area (Å²) >= 11 is 0. The van der Waals surface area contributed by atoms with Gasteiger partial charge in [0.05, 0.1) is 0 Å². The van der Waals surface area contributed by atoms with Crippen molar-refractivity contribution in [3.63, 3.8) is 0 Å². The summed E-state index contributed by atoms with van der Waals surface area (Å²) in [5.41, 5.74) is 0.235. The molecule has 0 bridgehead atoms. The lowest BCUT2D eigenvalue weighted by Gasteiger charge is -2.31. The monoisotopic (exact) mass is 210 g/mol. The Balaban J connectivity index is 1.79. The second-order valence-corrected chi connectivity index (χ2v) is 5.89. The normalized spacial score (nSPS) is 28.1. The number of hydrogen-bond donors (Lipinski definition) is 1. The Hall–Kier alpha value is -0.570. The molecule has 1 atom stereocenters. The van der Waals surface area contributed by atoms with Crippen LogP contribution in [0.3, 0.4) is 0 Å². The zero-order chi connectivity index (χ0) is 11.1. The van der Waals surface area contributed by atoms with Crippen molar-refractivity contribution in [2.24, 2.45) is 5.92 Å². The fourth-order valence-corrected chi connectivity index (χ4v) is 2.15. The lowest BCUT2D eigenvalue weighted by Crippen LogP contribution is -2.43. The standard InChI is InChI=1S/C12H22N2O/c1-12(2,3)14-7-6-10(8-14)13-11(15)9-4-5-9/h9-10H,4-8H2,1-3H3,(H,13,15)/t10-/m1/s1. The van der Waals surface area contributed by atoms with Crippen LogP contribution in [0.1, 0.15) is 40.0 Å². The smallest absolute Gasteiger partial charge is 0.223 e. The molecule has 3 nitrogen and oxygen atoms in total. The van der Waals surface area contributed by atoms with Gasteiger partial charge in [-0.3, -0.25) is 9.69 Å². The van der Waals surface area contributed by atoms with Crippen LogP contribution in [-0.2, 0) is 4.79 Å². The molecule has 0 aromatic rings. The molecule has 0 aromatic carbocycles. The van der Waals surface area contributed by atoms with E-state index in [4.69, 9.17) is 0 Å². The van der Waals surface area contributed by atoms with E-state index in [2.05, 4.69) is 31.0 Å². The molecule has 1 saturated carbocycles. The molecule has 1 aliphatic carbocycles. The largest absolute Gasteiger partial charge is 0.352 e. The molecule has 1 heterocycles. The van der Waals surface area contributed by atoms with Crippen LogP contribution in [0.25, 0.3) is 0 Å². The summed E-state index contributed by atoms with van der Waals surface area (Å²) < 4.78 is 0. The Kier molecular flexibility index (Phi) is 2.75. The SMILES string of the molecule is CC(C)(C)N1CC[C@@H](NC(=O)C2CC2)C1. The van der Waals surface area contributed by atoms with E-state index in [-0.39, 0.29) is 11.4 Å². The fourth-order valence-electron chi connectivity index (χ4n) is 2.15. The average molecular weight is 210 g/mol. The molecule has 0 radical (unpaired) electrons. The minimum absolute atomic E-state index is 0.235. The van der Waals surface area contributed by atoms with Crippen LogP contribution in [0.4, 0.5) is 0 Å². The summed E-state index contributed by atoms with van der Waals surface area (Å²) in [4.78, 5) is 14.0. The molecule has 86 valence electrons. The number of carbonyl (C=O) groups excluding carboxylic acids is 1. The molecule has 1 N–H and O–H groups in total. The van der Waals surface area contributed by atoms with Gasteiger partial charge < -0.3 is 5.32 Å². The third kappa shape index (κ3) is 2.71. The van der Waals surface area contributed by atoms with Crippen molar-refractivity contribution in [2.75, 3.05) is 13.1 Å². The lowest BCUT2D eigenvalue weighted by atomic mass is 10.1. The van der Waals surface area contributed by atoms with E-state index in [9.17, 15) is 4.79 Å². The molecular weight excluding hydrogens is 188 g/mol. The maximum absolute atomic E-state index is 11.6. The van der Waals surface area contributed by atoms with Crippen molar-refractivity contribution >= 4 is 5.91 Å². The molecule has 1 aliphatic heterocycles. The molecule has 1 saturated heterocycles. The van der Waals surface area contributed by atoms with E-state index >= 15 is 0 Å². The molecule has 0 spiro atoms. The van der Waals surface area contributed by atoms with Gasteiger partial charge in [0.1, 0.15) is 0 Å². The second kappa shape index (κ2) is 3.78. The number of likely N-dealkylation sites (tertiary alicyclic amines) is 1. The Labute approximate surface area is 92.2 Å². The van der Waals surface area contributed by atoms with E-state index in [0.29, 0.717) is 12.0 Å². The quantitative estimate of drug-likeness (QED) is 0.747. The highest BCUT2D eigenvalue weighted by atomic mass is 16.2. The maximum atomic E-state index is 11.6. The molecule has 15 heavy (non-hydrogen) atoms. The molecule has 3 heteroatoms. The van der Waals surface area contributed by atoms with E-state index in [0.717, 1.165) is 32.4 Å². The first kappa shape index (κ1) is 10.9.